The number of carbonyl (C=O) groups excluding carboxylic acids is 1. The van der Waals surface area contributed by atoms with Crippen LogP contribution in [-0.2, 0) is 29.2 Å². The highest BCUT2D eigenvalue weighted by molar-refractivity contribution is 6.31. The number of benzene rings is 3. The summed E-state index contributed by atoms with van der Waals surface area (Å²) in [5.41, 5.74) is 2.46. The molecule has 29 heavy (non-hydrogen) atoms. The lowest BCUT2D eigenvalue weighted by Gasteiger charge is -2.13. The molecule has 3 aromatic carbocycles. The first-order valence-corrected chi connectivity index (χ1v) is 9.74. The SMILES string of the molecule is COC(=O)Cc1cc(OCc2ccccc2Cl)cc(OCc2ccccc2Cl)c1. The van der Waals surface area contributed by atoms with Crippen molar-refractivity contribution in [1.82, 2.24) is 0 Å². The minimum absolute atomic E-state index is 0.113. The molecule has 0 unspecified atom stereocenters. The monoisotopic (exact) mass is 430 g/mol. The average Bonchev–Trinajstić information content (AvgIpc) is 2.72. The molecule has 0 heterocycles. The van der Waals surface area contributed by atoms with Gasteiger partial charge in [-0.15, -0.1) is 0 Å². The molecule has 6 heteroatoms. The predicted molar refractivity (Wildman–Crippen MR) is 114 cm³/mol. The van der Waals surface area contributed by atoms with E-state index in [1.54, 1.807) is 18.2 Å². The van der Waals surface area contributed by atoms with Crippen LogP contribution >= 0.6 is 23.2 Å². The summed E-state index contributed by atoms with van der Waals surface area (Å²) in [4.78, 5) is 11.7. The lowest BCUT2D eigenvalue weighted by atomic mass is 10.1. The van der Waals surface area contributed by atoms with Crippen molar-refractivity contribution in [2.24, 2.45) is 0 Å². The number of methoxy groups -OCH3 is 1. The first-order chi connectivity index (χ1) is 14.0. The Kier molecular flexibility index (Phi) is 7.39. The fourth-order valence-corrected chi connectivity index (χ4v) is 3.07. The van der Waals surface area contributed by atoms with Gasteiger partial charge in [-0.2, -0.15) is 0 Å². The number of rotatable bonds is 8. The second kappa shape index (κ2) is 10.2. The van der Waals surface area contributed by atoms with Gasteiger partial charge in [0, 0.05) is 27.2 Å². The highest BCUT2D eigenvalue weighted by Crippen LogP contribution is 2.27. The Labute approximate surface area is 179 Å². The van der Waals surface area contributed by atoms with E-state index in [-0.39, 0.29) is 12.4 Å². The molecular formula is C23H20Cl2O4. The van der Waals surface area contributed by atoms with Crippen LogP contribution in [0.5, 0.6) is 11.5 Å². The van der Waals surface area contributed by atoms with E-state index in [4.69, 9.17) is 37.4 Å². The Morgan fingerprint density at radius 1 is 0.793 bits per heavy atom. The fraction of sp³-hybridized carbons (Fsp3) is 0.174. The minimum Gasteiger partial charge on any atom is -0.489 e. The third-order valence-corrected chi connectivity index (χ3v) is 4.96. The molecule has 0 aliphatic heterocycles. The quantitative estimate of drug-likeness (QED) is 0.419. The summed E-state index contributed by atoms with van der Waals surface area (Å²) < 4.78 is 16.6. The molecule has 0 aromatic heterocycles. The van der Waals surface area contributed by atoms with Crippen LogP contribution in [0.1, 0.15) is 16.7 Å². The van der Waals surface area contributed by atoms with Crippen molar-refractivity contribution in [1.29, 1.82) is 0 Å². The first-order valence-electron chi connectivity index (χ1n) is 8.98. The number of esters is 1. The highest BCUT2D eigenvalue weighted by atomic mass is 35.5. The largest absolute Gasteiger partial charge is 0.489 e. The average molecular weight is 431 g/mol. The molecule has 0 N–H and O–H groups in total. The molecule has 0 bridgehead atoms. The summed E-state index contributed by atoms with van der Waals surface area (Å²) in [5.74, 6) is 0.797. The third kappa shape index (κ3) is 6.14. The maximum Gasteiger partial charge on any atom is 0.309 e. The molecule has 0 radical (unpaired) electrons. The molecular weight excluding hydrogens is 411 g/mol. The Bertz CT molecular complexity index is 920. The molecule has 3 aromatic rings. The number of hydrogen-bond acceptors (Lipinski definition) is 4. The van der Waals surface area contributed by atoms with Gasteiger partial charge in [0.1, 0.15) is 24.7 Å². The van der Waals surface area contributed by atoms with E-state index in [9.17, 15) is 4.79 Å². The summed E-state index contributed by atoms with van der Waals surface area (Å²) in [6.45, 7) is 0.594. The Morgan fingerprint density at radius 3 is 1.72 bits per heavy atom. The van der Waals surface area contributed by atoms with Crippen molar-refractivity contribution in [2.75, 3.05) is 7.11 Å². The van der Waals surface area contributed by atoms with Crippen LogP contribution in [0.25, 0.3) is 0 Å². The van der Waals surface area contributed by atoms with Gasteiger partial charge in [0.05, 0.1) is 13.5 Å². The van der Waals surface area contributed by atoms with Crippen LogP contribution in [0.3, 0.4) is 0 Å². The van der Waals surface area contributed by atoms with Gasteiger partial charge >= 0.3 is 5.97 Å². The van der Waals surface area contributed by atoms with Crippen molar-refractivity contribution >= 4 is 29.2 Å². The zero-order chi connectivity index (χ0) is 20.6. The van der Waals surface area contributed by atoms with Crippen molar-refractivity contribution < 1.29 is 19.0 Å². The molecule has 0 atom stereocenters. The second-order valence-corrected chi connectivity index (χ2v) is 7.14. The maximum atomic E-state index is 11.7. The van der Waals surface area contributed by atoms with Crippen LogP contribution in [-0.4, -0.2) is 13.1 Å². The molecule has 0 saturated heterocycles. The van der Waals surface area contributed by atoms with Crippen LogP contribution in [0, 0.1) is 0 Å². The van der Waals surface area contributed by atoms with E-state index in [0.717, 1.165) is 16.7 Å². The zero-order valence-corrected chi connectivity index (χ0v) is 17.4. The number of ether oxygens (including phenoxy) is 3. The standard InChI is InChI=1S/C23H20Cl2O4/c1-27-23(26)12-16-10-19(28-14-17-6-2-4-8-21(17)24)13-20(11-16)29-15-18-7-3-5-9-22(18)25/h2-11,13H,12,14-15H2,1H3. The molecule has 0 fully saturated rings. The summed E-state index contributed by atoms with van der Waals surface area (Å²) in [7, 11) is 1.36. The Balaban J connectivity index is 1.78. The lowest BCUT2D eigenvalue weighted by molar-refractivity contribution is -0.139. The van der Waals surface area contributed by atoms with Crippen molar-refractivity contribution in [3.8, 4) is 11.5 Å². The molecule has 0 saturated carbocycles. The van der Waals surface area contributed by atoms with Gasteiger partial charge < -0.3 is 14.2 Å². The smallest absolute Gasteiger partial charge is 0.309 e. The van der Waals surface area contributed by atoms with Gasteiger partial charge in [0.15, 0.2) is 0 Å². The number of hydrogen-bond donors (Lipinski definition) is 0. The molecule has 0 amide bonds. The number of halogens is 2. The molecule has 3 rings (SSSR count). The molecule has 4 nitrogen and oxygen atoms in total. The van der Waals surface area contributed by atoms with E-state index < -0.39 is 0 Å². The first kappa shape index (κ1) is 21.0. The van der Waals surface area contributed by atoms with E-state index in [1.165, 1.54) is 7.11 Å². The van der Waals surface area contributed by atoms with Gasteiger partial charge in [0.2, 0.25) is 0 Å². The molecule has 0 spiro atoms. The normalized spacial score (nSPS) is 10.4. The predicted octanol–water partition coefficient (Wildman–Crippen LogP) is 5.87. The lowest BCUT2D eigenvalue weighted by Crippen LogP contribution is -2.06. The third-order valence-electron chi connectivity index (χ3n) is 4.22. The summed E-state index contributed by atoms with van der Waals surface area (Å²) in [6.07, 6.45) is 0.113. The topological polar surface area (TPSA) is 44.8 Å². The van der Waals surface area contributed by atoms with Gasteiger partial charge in [-0.3, -0.25) is 4.79 Å². The Hall–Kier alpha value is -2.69. The zero-order valence-electron chi connectivity index (χ0n) is 15.9. The van der Waals surface area contributed by atoms with Crippen molar-refractivity contribution in [3.63, 3.8) is 0 Å². The van der Waals surface area contributed by atoms with E-state index in [0.29, 0.717) is 34.8 Å². The van der Waals surface area contributed by atoms with Crippen molar-refractivity contribution in [2.45, 2.75) is 19.6 Å². The van der Waals surface area contributed by atoms with Crippen LogP contribution in [0.15, 0.2) is 66.7 Å². The second-order valence-electron chi connectivity index (χ2n) is 6.33. The van der Waals surface area contributed by atoms with E-state index in [1.807, 2.05) is 48.5 Å². The van der Waals surface area contributed by atoms with Crippen molar-refractivity contribution in [3.05, 3.63) is 93.5 Å². The fourth-order valence-electron chi connectivity index (χ4n) is 2.69. The van der Waals surface area contributed by atoms with Gasteiger partial charge in [-0.05, 0) is 29.8 Å². The highest BCUT2D eigenvalue weighted by Gasteiger charge is 2.10. The Morgan fingerprint density at radius 2 is 1.28 bits per heavy atom. The summed E-state index contributed by atoms with van der Waals surface area (Å²) in [5, 5.41) is 1.27. The molecule has 0 aliphatic carbocycles. The van der Waals surface area contributed by atoms with Gasteiger partial charge in [-0.1, -0.05) is 59.6 Å². The maximum absolute atomic E-state index is 11.7. The minimum atomic E-state index is -0.342. The van der Waals surface area contributed by atoms with Gasteiger partial charge in [-0.25, -0.2) is 0 Å². The number of carbonyl (C=O) groups is 1. The van der Waals surface area contributed by atoms with E-state index in [2.05, 4.69) is 0 Å². The summed E-state index contributed by atoms with van der Waals surface area (Å²) in [6, 6.07) is 20.3. The molecule has 0 aliphatic rings. The van der Waals surface area contributed by atoms with E-state index >= 15 is 0 Å². The summed E-state index contributed by atoms with van der Waals surface area (Å²) >= 11 is 12.4. The van der Waals surface area contributed by atoms with Crippen LogP contribution in [0.4, 0.5) is 0 Å². The van der Waals surface area contributed by atoms with Crippen LogP contribution in [0.2, 0.25) is 10.0 Å². The molecule has 150 valence electrons. The van der Waals surface area contributed by atoms with Crippen LogP contribution < -0.4 is 9.47 Å². The van der Waals surface area contributed by atoms with Gasteiger partial charge in [0.25, 0.3) is 0 Å².